The zero-order valence-corrected chi connectivity index (χ0v) is 18.7. The molecule has 8 nitrogen and oxygen atoms in total. The summed E-state index contributed by atoms with van der Waals surface area (Å²) in [5, 5.41) is 4.21. The van der Waals surface area contributed by atoms with Crippen molar-refractivity contribution in [1.29, 1.82) is 0 Å². The molecule has 0 radical (unpaired) electrons. The number of nitrogens with zero attached hydrogens (tertiary/aromatic N) is 6. The molecular formula is C23H21F3N6O2. The average Bonchev–Trinajstić information content (AvgIpc) is 3.27. The number of benzene rings is 1. The Balaban J connectivity index is 1.69. The second kappa shape index (κ2) is 8.24. The number of hydrogen-bond donors (Lipinski definition) is 0. The van der Waals surface area contributed by atoms with Crippen LogP contribution in [0.4, 0.5) is 19.0 Å². The Bertz CT molecular complexity index is 1480. The summed E-state index contributed by atoms with van der Waals surface area (Å²) in [6, 6.07) is 3.54. The van der Waals surface area contributed by atoms with Gasteiger partial charge in [0.15, 0.2) is 17.5 Å². The van der Waals surface area contributed by atoms with Crippen molar-refractivity contribution in [3.8, 4) is 11.3 Å². The highest BCUT2D eigenvalue weighted by molar-refractivity contribution is 5.93. The van der Waals surface area contributed by atoms with Gasteiger partial charge in [-0.2, -0.15) is 5.10 Å². The minimum atomic E-state index is -1.63. The Morgan fingerprint density at radius 1 is 1.12 bits per heavy atom. The molecule has 1 aliphatic rings. The Labute approximate surface area is 192 Å². The molecule has 11 heteroatoms. The van der Waals surface area contributed by atoms with Gasteiger partial charge in [0.05, 0.1) is 29.4 Å². The number of morpholine rings is 1. The Kier molecular flexibility index (Phi) is 5.35. The Morgan fingerprint density at radius 3 is 2.65 bits per heavy atom. The SMILES string of the molecule is Cc1nc2cc(N3CCOC(c4cnn(C)c4)C3)nc(-c3ccc(F)c(F)c3F)c2c(=O)n1C. The molecule has 1 fully saturated rings. The standard InChI is InChI=1S/C23H21F3N6O2/c1-12-28-16-8-18(32-6-7-34-17(11-32)13-9-27-30(2)10-13)29-22(19(16)23(33)31(12)3)14-4-5-15(24)21(26)20(14)25/h4-5,8-10,17H,6-7,11H2,1-3H3. The van der Waals surface area contributed by atoms with Crippen molar-refractivity contribution in [2.75, 3.05) is 24.6 Å². The zero-order valence-electron chi connectivity index (χ0n) is 18.7. The average molecular weight is 470 g/mol. The van der Waals surface area contributed by atoms with Gasteiger partial charge >= 0.3 is 0 Å². The van der Waals surface area contributed by atoms with Crippen LogP contribution < -0.4 is 10.5 Å². The second-order valence-electron chi connectivity index (χ2n) is 8.22. The van der Waals surface area contributed by atoms with E-state index in [-0.39, 0.29) is 28.3 Å². The van der Waals surface area contributed by atoms with Gasteiger partial charge < -0.3 is 9.64 Å². The van der Waals surface area contributed by atoms with Gasteiger partial charge in [-0.25, -0.2) is 23.1 Å². The summed E-state index contributed by atoms with van der Waals surface area (Å²) < 4.78 is 51.4. The third-order valence-electron chi connectivity index (χ3n) is 6.05. The molecule has 1 aliphatic heterocycles. The van der Waals surface area contributed by atoms with E-state index >= 15 is 0 Å². The molecule has 1 saturated heterocycles. The monoisotopic (exact) mass is 470 g/mol. The normalized spacial score (nSPS) is 16.4. The molecule has 176 valence electrons. The van der Waals surface area contributed by atoms with Gasteiger partial charge in [0.25, 0.3) is 5.56 Å². The van der Waals surface area contributed by atoms with Crippen molar-refractivity contribution in [3.05, 3.63) is 69.8 Å². The number of aryl methyl sites for hydroxylation is 2. The minimum absolute atomic E-state index is 0.0267. The van der Waals surface area contributed by atoms with Gasteiger partial charge in [-0.1, -0.05) is 0 Å². The highest BCUT2D eigenvalue weighted by Gasteiger charge is 2.27. The maximum atomic E-state index is 14.8. The van der Waals surface area contributed by atoms with Crippen molar-refractivity contribution >= 4 is 16.7 Å². The first-order valence-electron chi connectivity index (χ1n) is 10.6. The van der Waals surface area contributed by atoms with E-state index in [1.54, 1.807) is 23.9 Å². The minimum Gasteiger partial charge on any atom is -0.370 e. The summed E-state index contributed by atoms with van der Waals surface area (Å²) in [4.78, 5) is 24.1. The number of rotatable bonds is 3. The maximum absolute atomic E-state index is 14.8. The molecule has 34 heavy (non-hydrogen) atoms. The number of pyridine rings is 1. The lowest BCUT2D eigenvalue weighted by Gasteiger charge is -2.33. The number of halogens is 3. The molecule has 1 atom stereocenters. The first kappa shape index (κ1) is 22.1. The summed E-state index contributed by atoms with van der Waals surface area (Å²) in [5.74, 6) is -3.50. The predicted octanol–water partition coefficient (Wildman–Crippen LogP) is 3.03. The van der Waals surface area contributed by atoms with Gasteiger partial charge in [0, 0.05) is 50.6 Å². The molecule has 0 N–H and O–H groups in total. The van der Waals surface area contributed by atoms with Crippen molar-refractivity contribution in [3.63, 3.8) is 0 Å². The van der Waals surface area contributed by atoms with Crippen LogP contribution in [0.2, 0.25) is 0 Å². The summed E-state index contributed by atoms with van der Waals surface area (Å²) in [7, 11) is 3.34. The molecule has 5 rings (SSSR count). The fourth-order valence-corrected chi connectivity index (χ4v) is 4.11. The molecule has 0 aliphatic carbocycles. The van der Waals surface area contributed by atoms with Crippen molar-refractivity contribution in [2.24, 2.45) is 14.1 Å². The topological polar surface area (TPSA) is 78.1 Å². The number of fused-ring (bicyclic) bond motifs is 1. The van der Waals surface area contributed by atoms with E-state index in [0.717, 1.165) is 17.7 Å². The van der Waals surface area contributed by atoms with Crippen LogP contribution in [0.1, 0.15) is 17.5 Å². The second-order valence-corrected chi connectivity index (χ2v) is 8.22. The fourth-order valence-electron chi connectivity index (χ4n) is 4.11. The van der Waals surface area contributed by atoms with Gasteiger partial charge in [-0.05, 0) is 19.1 Å². The molecule has 3 aromatic heterocycles. The molecule has 1 unspecified atom stereocenters. The number of hydrogen-bond acceptors (Lipinski definition) is 6. The fraction of sp³-hybridized carbons (Fsp3) is 0.304. The first-order chi connectivity index (χ1) is 16.2. The van der Waals surface area contributed by atoms with Crippen LogP contribution in [0.5, 0.6) is 0 Å². The highest BCUT2D eigenvalue weighted by atomic mass is 19.2. The van der Waals surface area contributed by atoms with Gasteiger partial charge in [-0.3, -0.25) is 14.0 Å². The molecule has 1 aromatic carbocycles. The number of anilines is 1. The van der Waals surface area contributed by atoms with Gasteiger partial charge in [-0.15, -0.1) is 0 Å². The highest BCUT2D eigenvalue weighted by Crippen LogP contribution is 2.33. The molecule has 0 spiro atoms. The van der Waals surface area contributed by atoms with Crippen LogP contribution in [-0.4, -0.2) is 44.0 Å². The lowest BCUT2D eigenvalue weighted by atomic mass is 10.1. The number of aromatic nitrogens is 5. The molecule has 4 aromatic rings. The van der Waals surface area contributed by atoms with Gasteiger partial charge in [0.1, 0.15) is 17.7 Å². The summed E-state index contributed by atoms with van der Waals surface area (Å²) in [5.41, 5.74) is 0.305. The third-order valence-corrected chi connectivity index (χ3v) is 6.05. The largest absolute Gasteiger partial charge is 0.370 e. The molecule has 4 heterocycles. The van der Waals surface area contributed by atoms with Crippen LogP contribution in [0.15, 0.2) is 35.4 Å². The summed E-state index contributed by atoms with van der Waals surface area (Å²) >= 11 is 0. The van der Waals surface area contributed by atoms with E-state index in [0.29, 0.717) is 31.3 Å². The van der Waals surface area contributed by atoms with E-state index in [4.69, 9.17) is 4.74 Å². The Hall–Kier alpha value is -3.73. The van der Waals surface area contributed by atoms with Crippen molar-refractivity contribution in [2.45, 2.75) is 13.0 Å². The van der Waals surface area contributed by atoms with E-state index in [9.17, 15) is 18.0 Å². The van der Waals surface area contributed by atoms with E-state index in [2.05, 4.69) is 15.1 Å². The lowest BCUT2D eigenvalue weighted by Crippen LogP contribution is -2.39. The van der Waals surface area contributed by atoms with Crippen LogP contribution in [0, 0.1) is 24.4 Å². The summed E-state index contributed by atoms with van der Waals surface area (Å²) in [6.45, 7) is 2.98. The van der Waals surface area contributed by atoms with Crippen LogP contribution in [0.25, 0.3) is 22.2 Å². The Morgan fingerprint density at radius 2 is 1.91 bits per heavy atom. The van der Waals surface area contributed by atoms with Gasteiger partial charge in [0.2, 0.25) is 0 Å². The molecule has 0 bridgehead atoms. The molecular weight excluding hydrogens is 449 g/mol. The van der Waals surface area contributed by atoms with E-state index in [1.165, 1.54) is 11.6 Å². The number of ether oxygens (including phenoxy) is 1. The van der Waals surface area contributed by atoms with Crippen molar-refractivity contribution in [1.82, 2.24) is 24.3 Å². The van der Waals surface area contributed by atoms with Crippen molar-refractivity contribution < 1.29 is 17.9 Å². The lowest BCUT2D eigenvalue weighted by molar-refractivity contribution is 0.0395. The van der Waals surface area contributed by atoms with Crippen LogP contribution >= 0.6 is 0 Å². The quantitative estimate of drug-likeness (QED) is 0.429. The third kappa shape index (κ3) is 3.61. The zero-order chi connectivity index (χ0) is 24.1. The van der Waals surface area contributed by atoms with Crippen LogP contribution in [-0.2, 0) is 18.8 Å². The summed E-state index contributed by atoms with van der Waals surface area (Å²) in [6.07, 6.45) is 3.30. The molecule has 0 amide bonds. The van der Waals surface area contributed by atoms with Crippen LogP contribution in [0.3, 0.4) is 0 Å². The predicted molar refractivity (Wildman–Crippen MR) is 119 cm³/mol. The van der Waals surface area contributed by atoms with E-state index in [1.807, 2.05) is 18.1 Å². The first-order valence-corrected chi connectivity index (χ1v) is 10.6. The molecule has 0 saturated carbocycles. The smallest absolute Gasteiger partial charge is 0.263 e. The van der Waals surface area contributed by atoms with E-state index < -0.39 is 23.0 Å². The maximum Gasteiger partial charge on any atom is 0.263 e.